The van der Waals surface area contributed by atoms with Crippen molar-refractivity contribution in [3.8, 4) is 0 Å². The molecule has 2 rings (SSSR count). The van der Waals surface area contributed by atoms with Crippen LogP contribution in [0, 0.1) is 0 Å². The van der Waals surface area contributed by atoms with Crippen LogP contribution in [0.4, 0.5) is 0 Å². The molecule has 1 aliphatic heterocycles. The second-order valence-corrected chi connectivity index (χ2v) is 7.36. The Balaban J connectivity index is 0.00000264. The number of nitrogens with one attached hydrogen (secondary N) is 1. The monoisotopic (exact) mass is 361 g/mol. The molecule has 1 amide bonds. The highest BCUT2D eigenvalue weighted by Crippen LogP contribution is 2.20. The van der Waals surface area contributed by atoms with Crippen LogP contribution in [0.15, 0.2) is 29.2 Å². The van der Waals surface area contributed by atoms with Crippen molar-refractivity contribution in [1.82, 2.24) is 9.62 Å². The van der Waals surface area contributed by atoms with Crippen molar-refractivity contribution in [2.24, 2.45) is 5.73 Å². The van der Waals surface area contributed by atoms with Gasteiger partial charge < -0.3 is 11.1 Å². The standard InChI is InChI=1S/C15H23N3O3S.ClH/c16-9-8-15(19)17-12-13-4-6-14(7-5-13)22(20,21)18-10-2-1-3-11-18;/h4-7H,1-3,8-12,16H2,(H,17,19);1H. The summed E-state index contributed by atoms with van der Waals surface area (Å²) in [6.07, 6.45) is 3.23. The van der Waals surface area contributed by atoms with E-state index in [1.807, 2.05) is 0 Å². The van der Waals surface area contributed by atoms with Gasteiger partial charge in [-0.1, -0.05) is 18.6 Å². The molecule has 0 atom stereocenters. The number of amides is 1. The Labute approximate surface area is 143 Å². The topological polar surface area (TPSA) is 92.5 Å². The van der Waals surface area contributed by atoms with Crippen molar-refractivity contribution in [2.45, 2.75) is 37.1 Å². The first-order chi connectivity index (χ1) is 10.5. The smallest absolute Gasteiger partial charge is 0.243 e. The van der Waals surface area contributed by atoms with E-state index >= 15 is 0 Å². The lowest BCUT2D eigenvalue weighted by Gasteiger charge is -2.25. The lowest BCUT2D eigenvalue weighted by molar-refractivity contribution is -0.121. The SMILES string of the molecule is Cl.NCCC(=O)NCc1ccc(S(=O)(=O)N2CCCCC2)cc1. The maximum Gasteiger partial charge on any atom is 0.243 e. The maximum atomic E-state index is 12.5. The molecule has 0 aromatic heterocycles. The van der Waals surface area contributed by atoms with E-state index in [-0.39, 0.29) is 18.3 Å². The van der Waals surface area contributed by atoms with Gasteiger partial charge in [0.25, 0.3) is 0 Å². The summed E-state index contributed by atoms with van der Waals surface area (Å²) in [5.74, 6) is -0.104. The Morgan fingerprint density at radius 1 is 1.13 bits per heavy atom. The molecule has 130 valence electrons. The van der Waals surface area contributed by atoms with Gasteiger partial charge in [0, 0.05) is 32.6 Å². The minimum atomic E-state index is -3.39. The molecular weight excluding hydrogens is 338 g/mol. The van der Waals surface area contributed by atoms with E-state index < -0.39 is 10.0 Å². The number of rotatable bonds is 6. The molecule has 1 aromatic carbocycles. The Bertz CT molecular complexity index is 599. The number of halogens is 1. The summed E-state index contributed by atoms with van der Waals surface area (Å²) >= 11 is 0. The predicted molar refractivity (Wildman–Crippen MR) is 91.8 cm³/mol. The fraction of sp³-hybridized carbons (Fsp3) is 0.533. The molecule has 1 aromatic rings. The third-order valence-electron chi connectivity index (χ3n) is 3.74. The van der Waals surface area contributed by atoms with Gasteiger partial charge >= 0.3 is 0 Å². The predicted octanol–water partition coefficient (Wildman–Crippen LogP) is 1.25. The molecule has 1 fully saturated rings. The highest BCUT2D eigenvalue weighted by Gasteiger charge is 2.25. The van der Waals surface area contributed by atoms with Crippen molar-refractivity contribution >= 4 is 28.3 Å². The van der Waals surface area contributed by atoms with Crippen LogP contribution in [0.3, 0.4) is 0 Å². The summed E-state index contributed by atoms with van der Waals surface area (Å²) in [6.45, 7) is 1.89. The molecule has 0 unspecified atom stereocenters. The summed E-state index contributed by atoms with van der Waals surface area (Å²) in [5.41, 5.74) is 6.17. The van der Waals surface area contributed by atoms with E-state index in [0.29, 0.717) is 37.5 Å². The third kappa shape index (κ3) is 5.46. The largest absolute Gasteiger partial charge is 0.352 e. The molecule has 0 radical (unpaired) electrons. The minimum Gasteiger partial charge on any atom is -0.352 e. The van der Waals surface area contributed by atoms with E-state index in [0.717, 1.165) is 24.8 Å². The molecule has 23 heavy (non-hydrogen) atoms. The van der Waals surface area contributed by atoms with E-state index in [2.05, 4.69) is 5.32 Å². The van der Waals surface area contributed by atoms with Gasteiger partial charge in [0.2, 0.25) is 15.9 Å². The Morgan fingerprint density at radius 3 is 2.30 bits per heavy atom. The molecule has 1 heterocycles. The molecule has 0 aliphatic carbocycles. The Hall–Kier alpha value is -1.15. The number of piperidine rings is 1. The highest BCUT2D eigenvalue weighted by atomic mass is 35.5. The normalized spacial score (nSPS) is 15.7. The first-order valence-corrected chi connectivity index (χ1v) is 9.04. The van der Waals surface area contributed by atoms with Gasteiger partial charge in [-0.05, 0) is 30.5 Å². The zero-order valence-corrected chi connectivity index (χ0v) is 14.7. The Morgan fingerprint density at radius 2 is 1.74 bits per heavy atom. The van der Waals surface area contributed by atoms with E-state index in [1.54, 1.807) is 28.6 Å². The first kappa shape index (κ1) is 19.9. The van der Waals surface area contributed by atoms with Crippen LogP contribution < -0.4 is 11.1 Å². The van der Waals surface area contributed by atoms with Gasteiger partial charge in [0.15, 0.2) is 0 Å². The second-order valence-electron chi connectivity index (χ2n) is 5.42. The molecule has 1 saturated heterocycles. The molecule has 0 saturated carbocycles. The molecule has 1 aliphatic rings. The van der Waals surface area contributed by atoms with Gasteiger partial charge in [-0.3, -0.25) is 4.79 Å². The summed E-state index contributed by atoms with van der Waals surface area (Å²) in [5, 5.41) is 2.74. The fourth-order valence-electron chi connectivity index (χ4n) is 2.45. The summed E-state index contributed by atoms with van der Waals surface area (Å²) in [4.78, 5) is 11.7. The molecule has 0 spiro atoms. The van der Waals surface area contributed by atoms with Crippen LogP contribution >= 0.6 is 12.4 Å². The highest BCUT2D eigenvalue weighted by molar-refractivity contribution is 7.89. The van der Waals surface area contributed by atoms with Crippen LogP contribution in [0.2, 0.25) is 0 Å². The quantitative estimate of drug-likeness (QED) is 0.797. The lowest BCUT2D eigenvalue weighted by Crippen LogP contribution is -2.35. The van der Waals surface area contributed by atoms with Crippen LogP contribution in [0.5, 0.6) is 0 Å². The average Bonchev–Trinajstić information content (AvgIpc) is 2.54. The van der Waals surface area contributed by atoms with E-state index in [1.165, 1.54) is 0 Å². The number of hydrogen-bond acceptors (Lipinski definition) is 4. The van der Waals surface area contributed by atoms with Crippen LogP contribution in [-0.4, -0.2) is 38.3 Å². The maximum absolute atomic E-state index is 12.5. The van der Waals surface area contributed by atoms with Crippen LogP contribution in [0.25, 0.3) is 0 Å². The van der Waals surface area contributed by atoms with Gasteiger partial charge in [0.1, 0.15) is 0 Å². The lowest BCUT2D eigenvalue weighted by atomic mass is 10.2. The third-order valence-corrected chi connectivity index (χ3v) is 5.65. The summed E-state index contributed by atoms with van der Waals surface area (Å²) < 4.78 is 26.5. The molecular formula is C15H24ClN3O3S. The minimum absolute atomic E-state index is 0. The second kappa shape index (κ2) is 9.22. The van der Waals surface area contributed by atoms with Crippen LogP contribution in [-0.2, 0) is 21.4 Å². The van der Waals surface area contributed by atoms with Crippen molar-refractivity contribution in [3.05, 3.63) is 29.8 Å². The zero-order chi connectivity index (χ0) is 16.0. The van der Waals surface area contributed by atoms with Crippen molar-refractivity contribution in [3.63, 3.8) is 0 Å². The van der Waals surface area contributed by atoms with E-state index in [9.17, 15) is 13.2 Å². The van der Waals surface area contributed by atoms with Gasteiger partial charge in [0.05, 0.1) is 4.90 Å². The zero-order valence-electron chi connectivity index (χ0n) is 13.0. The van der Waals surface area contributed by atoms with Gasteiger partial charge in [-0.2, -0.15) is 4.31 Å². The molecule has 6 nitrogen and oxygen atoms in total. The van der Waals surface area contributed by atoms with Crippen molar-refractivity contribution < 1.29 is 13.2 Å². The number of nitrogens with two attached hydrogens (primary N) is 1. The Kier molecular flexibility index (Phi) is 7.98. The number of hydrogen-bond donors (Lipinski definition) is 2. The van der Waals surface area contributed by atoms with Gasteiger partial charge in [-0.25, -0.2) is 8.42 Å². The van der Waals surface area contributed by atoms with Crippen molar-refractivity contribution in [1.29, 1.82) is 0 Å². The molecule has 0 bridgehead atoms. The number of nitrogens with zero attached hydrogens (tertiary/aromatic N) is 1. The number of carbonyl (C=O) groups is 1. The number of carbonyl (C=O) groups excluding carboxylic acids is 1. The summed E-state index contributed by atoms with van der Waals surface area (Å²) in [6, 6.07) is 6.68. The molecule has 3 N–H and O–H groups in total. The number of benzene rings is 1. The van der Waals surface area contributed by atoms with Crippen LogP contribution in [0.1, 0.15) is 31.2 Å². The fourth-order valence-corrected chi connectivity index (χ4v) is 3.97. The first-order valence-electron chi connectivity index (χ1n) is 7.60. The van der Waals surface area contributed by atoms with E-state index in [4.69, 9.17) is 5.73 Å². The summed E-state index contributed by atoms with van der Waals surface area (Å²) in [7, 11) is -3.39. The number of sulfonamides is 1. The average molecular weight is 362 g/mol. The van der Waals surface area contributed by atoms with Gasteiger partial charge in [-0.15, -0.1) is 12.4 Å². The van der Waals surface area contributed by atoms with Crippen molar-refractivity contribution in [2.75, 3.05) is 19.6 Å². The molecule has 8 heteroatoms.